The maximum Gasteiger partial charge on any atom is 0.294 e. The average Bonchev–Trinajstić information content (AvgIpc) is 3.36. The van der Waals surface area contributed by atoms with E-state index in [1.807, 2.05) is 18.2 Å². The molecule has 1 aliphatic carbocycles. The van der Waals surface area contributed by atoms with Crippen molar-refractivity contribution in [2.45, 2.75) is 34.8 Å². The Labute approximate surface area is 170 Å². The van der Waals surface area contributed by atoms with E-state index in [9.17, 15) is 0 Å². The second kappa shape index (κ2) is 7.31. The van der Waals surface area contributed by atoms with Crippen LogP contribution in [0.1, 0.15) is 30.7 Å². The zero-order chi connectivity index (χ0) is 17.6. The molecule has 0 spiro atoms. The van der Waals surface area contributed by atoms with E-state index in [1.54, 1.807) is 23.1 Å². The van der Waals surface area contributed by atoms with Gasteiger partial charge in [0, 0.05) is 16.7 Å². The van der Waals surface area contributed by atoms with Crippen LogP contribution in [-0.4, -0.2) is 10.1 Å². The van der Waals surface area contributed by atoms with Crippen molar-refractivity contribution >= 4 is 46.5 Å². The van der Waals surface area contributed by atoms with Crippen LogP contribution in [-0.2, 0) is 11.3 Å². The average molecular weight is 420 g/mol. The number of thioether (sulfide) groups is 1. The van der Waals surface area contributed by atoms with Crippen LogP contribution in [0, 0.1) is 0 Å². The third-order valence-corrected chi connectivity index (χ3v) is 7.02. The summed E-state index contributed by atoms with van der Waals surface area (Å²) in [6, 6.07) is 12.2. The van der Waals surface area contributed by atoms with Crippen LogP contribution < -0.4 is 5.73 Å². The number of nitrogens with zero attached hydrogens (tertiary/aromatic N) is 2. The number of furan rings is 1. The lowest BCUT2D eigenvalue weighted by Crippen LogP contribution is -2.44. The minimum Gasteiger partial charge on any atom is -0.451 e. The molecule has 0 atom stereocenters. The van der Waals surface area contributed by atoms with Gasteiger partial charge in [-0.05, 0) is 36.8 Å². The molecule has 4 aromatic rings. The molecular weight excluding hydrogens is 402 g/mol. The largest absolute Gasteiger partial charge is 0.451 e. The molecule has 1 aromatic carbocycles. The second-order valence-corrected chi connectivity index (χ2v) is 8.78. The normalized spacial score (nSPS) is 15.4. The summed E-state index contributed by atoms with van der Waals surface area (Å²) in [5, 5.41) is 7.30. The maximum atomic E-state index is 6.33. The Morgan fingerprint density at radius 2 is 2.04 bits per heavy atom. The van der Waals surface area contributed by atoms with Gasteiger partial charge in [0.15, 0.2) is 11.6 Å². The monoisotopic (exact) mass is 419 g/mol. The summed E-state index contributed by atoms with van der Waals surface area (Å²) in [5.74, 6) is 2.42. The van der Waals surface area contributed by atoms with Gasteiger partial charge in [-0.1, -0.05) is 29.4 Å². The van der Waals surface area contributed by atoms with Crippen LogP contribution in [0.3, 0.4) is 0 Å². The first-order valence-electron chi connectivity index (χ1n) is 8.53. The standard InChI is InChI=1S/C19H17N3O2S2.ClH/c20-19(8-4-9-19)18-21-17(24-22-18)16-13(11-26-15-7-3-10-25-15)12-5-1-2-6-14(12)23-16;/h1-3,5-7,10H,4,8-9,11,20H2;1H. The Kier molecular flexibility index (Phi) is 5.03. The van der Waals surface area contributed by atoms with Crippen molar-refractivity contribution in [3.05, 3.63) is 53.2 Å². The first kappa shape index (κ1) is 18.6. The predicted molar refractivity (Wildman–Crippen MR) is 110 cm³/mol. The summed E-state index contributed by atoms with van der Waals surface area (Å²) >= 11 is 3.51. The van der Waals surface area contributed by atoms with E-state index in [0.29, 0.717) is 17.5 Å². The minimum absolute atomic E-state index is 0. The summed E-state index contributed by atoms with van der Waals surface area (Å²) in [4.78, 5) is 4.57. The number of fused-ring (bicyclic) bond motifs is 1. The quantitative estimate of drug-likeness (QED) is 0.424. The molecule has 0 radical (unpaired) electrons. The fraction of sp³-hybridized carbons (Fsp3) is 0.263. The van der Waals surface area contributed by atoms with Crippen molar-refractivity contribution in [1.29, 1.82) is 0 Å². The summed E-state index contributed by atoms with van der Waals surface area (Å²) in [6.07, 6.45) is 2.90. The van der Waals surface area contributed by atoms with Crippen molar-refractivity contribution in [3.63, 3.8) is 0 Å². The molecule has 140 valence electrons. The third-order valence-electron chi connectivity index (χ3n) is 4.86. The predicted octanol–water partition coefficient (Wildman–Crippen LogP) is 5.60. The van der Waals surface area contributed by atoms with Gasteiger partial charge in [0.2, 0.25) is 0 Å². The van der Waals surface area contributed by atoms with Crippen LogP contribution >= 0.6 is 35.5 Å². The van der Waals surface area contributed by atoms with Crippen molar-refractivity contribution < 1.29 is 8.94 Å². The molecule has 5 rings (SSSR count). The molecule has 0 saturated heterocycles. The van der Waals surface area contributed by atoms with Crippen LogP contribution in [0.2, 0.25) is 0 Å². The Hall–Kier alpha value is -1.80. The number of thiophene rings is 1. The lowest BCUT2D eigenvalue weighted by molar-refractivity contribution is 0.229. The van der Waals surface area contributed by atoms with Gasteiger partial charge in [-0.25, -0.2) is 0 Å². The highest BCUT2D eigenvalue weighted by atomic mass is 35.5. The Morgan fingerprint density at radius 3 is 2.78 bits per heavy atom. The fourth-order valence-electron chi connectivity index (χ4n) is 3.20. The van der Waals surface area contributed by atoms with E-state index in [1.165, 1.54) is 4.21 Å². The molecule has 27 heavy (non-hydrogen) atoms. The lowest BCUT2D eigenvalue weighted by Gasteiger charge is -2.34. The molecule has 0 amide bonds. The van der Waals surface area contributed by atoms with Gasteiger partial charge in [-0.15, -0.1) is 35.5 Å². The summed E-state index contributed by atoms with van der Waals surface area (Å²) in [7, 11) is 0. The number of para-hydroxylation sites is 1. The lowest BCUT2D eigenvalue weighted by atomic mass is 9.77. The first-order valence-corrected chi connectivity index (χ1v) is 10.4. The van der Waals surface area contributed by atoms with E-state index in [4.69, 9.17) is 14.7 Å². The van der Waals surface area contributed by atoms with Crippen LogP contribution in [0.25, 0.3) is 22.6 Å². The highest BCUT2D eigenvalue weighted by molar-refractivity contribution is 8.00. The number of halogens is 1. The Bertz CT molecular complexity index is 1050. The number of rotatable bonds is 5. The number of aromatic nitrogens is 2. The van der Waals surface area contributed by atoms with Gasteiger partial charge in [0.1, 0.15) is 5.58 Å². The molecule has 5 nitrogen and oxygen atoms in total. The van der Waals surface area contributed by atoms with Crippen LogP contribution in [0.5, 0.6) is 0 Å². The molecule has 0 unspecified atom stereocenters. The Morgan fingerprint density at radius 1 is 1.19 bits per heavy atom. The molecule has 3 aromatic heterocycles. The summed E-state index contributed by atoms with van der Waals surface area (Å²) in [6.45, 7) is 0. The van der Waals surface area contributed by atoms with Crippen molar-refractivity contribution in [3.8, 4) is 11.7 Å². The van der Waals surface area contributed by atoms with Gasteiger partial charge in [-0.2, -0.15) is 4.98 Å². The van der Waals surface area contributed by atoms with E-state index in [0.717, 1.165) is 41.5 Å². The van der Waals surface area contributed by atoms with E-state index in [-0.39, 0.29) is 12.4 Å². The third kappa shape index (κ3) is 3.29. The van der Waals surface area contributed by atoms with Gasteiger partial charge in [0.05, 0.1) is 9.75 Å². The molecule has 1 fully saturated rings. The Balaban J connectivity index is 0.00000180. The zero-order valence-corrected chi connectivity index (χ0v) is 16.8. The summed E-state index contributed by atoms with van der Waals surface area (Å²) < 4.78 is 12.9. The topological polar surface area (TPSA) is 78.1 Å². The first-order chi connectivity index (χ1) is 12.7. The molecule has 2 N–H and O–H groups in total. The highest BCUT2D eigenvalue weighted by Crippen LogP contribution is 2.40. The molecule has 1 aliphatic rings. The molecule has 8 heteroatoms. The van der Waals surface area contributed by atoms with Gasteiger partial charge in [-0.3, -0.25) is 0 Å². The number of benzene rings is 1. The number of nitrogens with two attached hydrogens (primary N) is 1. The number of hydrogen-bond acceptors (Lipinski definition) is 7. The second-order valence-electron chi connectivity index (χ2n) is 6.56. The number of hydrogen-bond donors (Lipinski definition) is 1. The van der Waals surface area contributed by atoms with E-state index < -0.39 is 5.54 Å². The van der Waals surface area contributed by atoms with E-state index >= 15 is 0 Å². The summed E-state index contributed by atoms with van der Waals surface area (Å²) in [5.41, 5.74) is 7.79. The van der Waals surface area contributed by atoms with Gasteiger partial charge < -0.3 is 14.7 Å². The highest BCUT2D eigenvalue weighted by Gasteiger charge is 2.39. The maximum absolute atomic E-state index is 6.33. The van der Waals surface area contributed by atoms with Crippen molar-refractivity contribution in [2.75, 3.05) is 0 Å². The minimum atomic E-state index is -0.445. The van der Waals surface area contributed by atoms with Crippen molar-refractivity contribution in [1.82, 2.24) is 10.1 Å². The molecule has 1 saturated carbocycles. The molecule has 3 heterocycles. The SMILES string of the molecule is Cl.NC1(c2noc(-c3oc4ccccc4c3CSc3cccs3)n2)CCC1. The smallest absolute Gasteiger partial charge is 0.294 e. The van der Waals surface area contributed by atoms with Gasteiger partial charge >= 0.3 is 0 Å². The molecule has 0 bridgehead atoms. The van der Waals surface area contributed by atoms with Crippen LogP contribution in [0.4, 0.5) is 0 Å². The van der Waals surface area contributed by atoms with Crippen molar-refractivity contribution in [2.24, 2.45) is 5.73 Å². The van der Waals surface area contributed by atoms with Gasteiger partial charge in [0.25, 0.3) is 5.89 Å². The van der Waals surface area contributed by atoms with Crippen LogP contribution in [0.15, 0.2) is 54.9 Å². The molecule has 0 aliphatic heterocycles. The molecular formula is C19H18ClN3O2S2. The van der Waals surface area contributed by atoms with E-state index in [2.05, 4.69) is 33.7 Å². The zero-order valence-electron chi connectivity index (χ0n) is 14.4. The fourth-order valence-corrected chi connectivity index (χ4v) is 5.01.